The monoisotopic (exact) mass is 325 g/mol. The summed E-state index contributed by atoms with van der Waals surface area (Å²) in [5.74, 6) is -0.212. The third-order valence-electron chi connectivity index (χ3n) is 3.12. The number of furan rings is 1. The Kier molecular flexibility index (Phi) is 6.52. The quantitative estimate of drug-likeness (QED) is 0.465. The largest absolute Gasteiger partial charge is 0.465 e. The highest BCUT2D eigenvalue weighted by Crippen LogP contribution is 2.03. The zero-order chi connectivity index (χ0) is 17.2. The molecule has 1 aromatic carbocycles. The minimum Gasteiger partial charge on any atom is -0.465 e. The number of carbonyl (C=O) groups excluding carboxylic acids is 2. The maximum Gasteiger partial charge on any atom is 0.259 e. The Hall–Kier alpha value is -3.15. The summed E-state index contributed by atoms with van der Waals surface area (Å²) >= 11 is 0. The third kappa shape index (κ3) is 5.57. The highest BCUT2D eigenvalue weighted by molar-refractivity contribution is 6.01. The average Bonchev–Trinajstić information content (AvgIpc) is 3.13. The Morgan fingerprint density at radius 1 is 1.17 bits per heavy atom. The van der Waals surface area contributed by atoms with Crippen molar-refractivity contribution in [3.63, 3.8) is 0 Å². The van der Waals surface area contributed by atoms with Crippen LogP contribution < -0.4 is 10.7 Å². The van der Waals surface area contributed by atoms with E-state index in [1.54, 1.807) is 12.1 Å². The molecule has 6 nitrogen and oxygen atoms in total. The van der Waals surface area contributed by atoms with Crippen LogP contribution >= 0.6 is 0 Å². The molecular weight excluding hydrogens is 306 g/mol. The van der Waals surface area contributed by atoms with Gasteiger partial charge in [0.15, 0.2) is 0 Å². The Bertz CT molecular complexity index is 719. The smallest absolute Gasteiger partial charge is 0.259 e. The van der Waals surface area contributed by atoms with Crippen molar-refractivity contribution in [1.29, 1.82) is 0 Å². The van der Waals surface area contributed by atoms with Crippen LogP contribution in [0.25, 0.3) is 6.08 Å². The topological polar surface area (TPSA) is 83.7 Å². The Morgan fingerprint density at radius 2 is 1.96 bits per heavy atom. The summed E-state index contributed by atoms with van der Waals surface area (Å²) in [5, 5.41) is 6.59. The summed E-state index contributed by atoms with van der Waals surface area (Å²) in [6.07, 6.45) is 5.02. The second-order valence-corrected chi connectivity index (χ2v) is 4.88. The molecule has 6 heteroatoms. The average molecular weight is 325 g/mol. The molecule has 1 aromatic heterocycles. The van der Waals surface area contributed by atoms with Gasteiger partial charge in [-0.15, -0.1) is 0 Å². The Labute approximate surface area is 140 Å². The number of carbonyl (C=O) groups is 2. The van der Waals surface area contributed by atoms with Crippen molar-refractivity contribution in [2.24, 2.45) is 5.10 Å². The van der Waals surface area contributed by atoms with Crippen LogP contribution in [0.15, 0.2) is 64.3 Å². The van der Waals surface area contributed by atoms with E-state index in [2.05, 4.69) is 15.8 Å². The van der Waals surface area contributed by atoms with Gasteiger partial charge in [-0.25, -0.2) is 5.43 Å². The van der Waals surface area contributed by atoms with Gasteiger partial charge in [-0.1, -0.05) is 37.3 Å². The first-order valence-corrected chi connectivity index (χ1v) is 7.59. The fraction of sp³-hybridized carbons (Fsp3) is 0.167. The first-order chi connectivity index (χ1) is 11.7. The molecule has 124 valence electrons. The van der Waals surface area contributed by atoms with Crippen LogP contribution in [0, 0.1) is 0 Å². The highest BCUT2D eigenvalue weighted by Gasteiger charge is 2.04. The number of rotatable bonds is 7. The lowest BCUT2D eigenvalue weighted by Gasteiger charge is -2.05. The van der Waals surface area contributed by atoms with Crippen molar-refractivity contribution in [3.8, 4) is 0 Å². The number of hydrogen-bond acceptors (Lipinski definition) is 4. The number of nitrogens with one attached hydrogen (secondary N) is 2. The molecule has 0 fully saturated rings. The molecule has 24 heavy (non-hydrogen) atoms. The molecule has 0 aliphatic heterocycles. The molecule has 0 atom stereocenters. The highest BCUT2D eigenvalue weighted by atomic mass is 16.3. The Morgan fingerprint density at radius 3 is 2.62 bits per heavy atom. The molecule has 2 aromatic rings. The van der Waals surface area contributed by atoms with E-state index in [0.29, 0.717) is 12.2 Å². The van der Waals surface area contributed by atoms with Crippen LogP contribution in [-0.2, 0) is 9.59 Å². The molecule has 0 saturated carbocycles. The molecule has 2 rings (SSSR count). The Balaban J connectivity index is 1.80. The molecular formula is C18H19N3O3. The van der Waals surface area contributed by atoms with Crippen molar-refractivity contribution in [2.75, 3.05) is 6.54 Å². The lowest BCUT2D eigenvalue weighted by molar-refractivity contribution is -0.123. The predicted octanol–water partition coefficient (Wildman–Crippen LogP) is 2.34. The first kappa shape index (κ1) is 17.2. The van der Waals surface area contributed by atoms with E-state index in [1.807, 2.05) is 37.3 Å². The zero-order valence-electron chi connectivity index (χ0n) is 13.4. The summed E-state index contributed by atoms with van der Waals surface area (Å²) in [7, 11) is 0. The van der Waals surface area contributed by atoms with E-state index < -0.39 is 5.91 Å². The molecule has 0 aliphatic carbocycles. The van der Waals surface area contributed by atoms with E-state index in [9.17, 15) is 9.59 Å². The number of hydrazone groups is 1. The SMILES string of the molecule is CC/C(=N/NC(=O)CNC(=O)/C=C/c1ccco1)c1ccccc1. The van der Waals surface area contributed by atoms with Gasteiger partial charge >= 0.3 is 0 Å². The molecule has 0 saturated heterocycles. The maximum atomic E-state index is 11.8. The fourth-order valence-corrected chi connectivity index (χ4v) is 1.92. The van der Waals surface area contributed by atoms with Crippen molar-refractivity contribution in [1.82, 2.24) is 10.7 Å². The van der Waals surface area contributed by atoms with Crippen LogP contribution in [0.5, 0.6) is 0 Å². The molecule has 2 N–H and O–H groups in total. The fourth-order valence-electron chi connectivity index (χ4n) is 1.92. The predicted molar refractivity (Wildman–Crippen MR) is 92.2 cm³/mol. The van der Waals surface area contributed by atoms with Crippen LogP contribution in [0.2, 0.25) is 0 Å². The molecule has 1 heterocycles. The lowest BCUT2D eigenvalue weighted by Crippen LogP contribution is -2.34. The molecule has 0 spiro atoms. The van der Waals surface area contributed by atoms with Crippen LogP contribution in [0.3, 0.4) is 0 Å². The third-order valence-corrected chi connectivity index (χ3v) is 3.12. The van der Waals surface area contributed by atoms with Gasteiger partial charge < -0.3 is 9.73 Å². The number of hydrogen-bond donors (Lipinski definition) is 2. The summed E-state index contributed by atoms with van der Waals surface area (Å²) in [6, 6.07) is 13.0. The maximum absolute atomic E-state index is 11.8. The van der Waals surface area contributed by atoms with E-state index in [4.69, 9.17) is 4.42 Å². The van der Waals surface area contributed by atoms with Gasteiger partial charge in [0.2, 0.25) is 5.91 Å². The van der Waals surface area contributed by atoms with Crippen molar-refractivity contribution in [3.05, 3.63) is 66.1 Å². The molecule has 0 unspecified atom stereocenters. The minimum atomic E-state index is -0.392. The van der Waals surface area contributed by atoms with Gasteiger partial charge in [-0.2, -0.15) is 5.10 Å². The van der Waals surface area contributed by atoms with Gasteiger partial charge in [0, 0.05) is 6.08 Å². The van der Waals surface area contributed by atoms with E-state index >= 15 is 0 Å². The summed E-state index contributed by atoms with van der Waals surface area (Å²) in [6.45, 7) is 1.80. The molecule has 0 radical (unpaired) electrons. The van der Waals surface area contributed by atoms with Gasteiger partial charge in [0.1, 0.15) is 5.76 Å². The van der Waals surface area contributed by atoms with Crippen molar-refractivity contribution >= 4 is 23.6 Å². The van der Waals surface area contributed by atoms with E-state index in [-0.39, 0.29) is 12.5 Å². The van der Waals surface area contributed by atoms with Gasteiger partial charge in [0.25, 0.3) is 5.91 Å². The van der Waals surface area contributed by atoms with E-state index in [0.717, 1.165) is 11.3 Å². The summed E-state index contributed by atoms with van der Waals surface area (Å²) < 4.78 is 5.06. The molecule has 0 aliphatic rings. The van der Waals surface area contributed by atoms with Crippen LogP contribution in [0.4, 0.5) is 0 Å². The van der Waals surface area contributed by atoms with Gasteiger partial charge in [-0.05, 0) is 30.2 Å². The standard InChI is InChI=1S/C18H19N3O3/c1-2-16(14-7-4-3-5-8-14)20-21-18(23)13-19-17(22)11-10-15-9-6-12-24-15/h3-12H,2,13H2,1H3,(H,19,22)(H,21,23)/b11-10+,20-16-. The minimum absolute atomic E-state index is 0.156. The summed E-state index contributed by atoms with van der Waals surface area (Å²) in [5.41, 5.74) is 4.17. The second-order valence-electron chi connectivity index (χ2n) is 4.88. The second kappa shape index (κ2) is 9.09. The number of amides is 2. The van der Waals surface area contributed by atoms with Crippen LogP contribution in [0.1, 0.15) is 24.7 Å². The number of benzene rings is 1. The van der Waals surface area contributed by atoms with E-state index in [1.165, 1.54) is 18.4 Å². The van der Waals surface area contributed by atoms with Crippen molar-refractivity contribution < 1.29 is 14.0 Å². The van der Waals surface area contributed by atoms with Gasteiger partial charge in [0.05, 0.1) is 18.5 Å². The summed E-state index contributed by atoms with van der Waals surface area (Å²) in [4.78, 5) is 23.4. The van der Waals surface area contributed by atoms with Crippen LogP contribution in [-0.4, -0.2) is 24.1 Å². The van der Waals surface area contributed by atoms with Crippen molar-refractivity contribution in [2.45, 2.75) is 13.3 Å². The first-order valence-electron chi connectivity index (χ1n) is 7.59. The zero-order valence-corrected chi connectivity index (χ0v) is 13.4. The van der Waals surface area contributed by atoms with Gasteiger partial charge in [-0.3, -0.25) is 9.59 Å². The molecule has 0 bridgehead atoms. The number of nitrogens with zero attached hydrogens (tertiary/aromatic N) is 1. The molecule has 2 amide bonds. The normalized spacial score (nSPS) is 11.5. The lowest BCUT2D eigenvalue weighted by atomic mass is 10.1.